The average Bonchev–Trinajstić information content (AvgIpc) is 2.61. The van der Waals surface area contributed by atoms with Crippen LogP contribution in [0.25, 0.3) is 0 Å². The maximum atomic E-state index is 12.6. The van der Waals surface area contributed by atoms with E-state index in [9.17, 15) is 4.79 Å². The van der Waals surface area contributed by atoms with E-state index in [1.807, 2.05) is 38.1 Å². The van der Waals surface area contributed by atoms with E-state index >= 15 is 0 Å². The molecule has 0 atom stereocenters. The quantitative estimate of drug-likeness (QED) is 0.755. The van der Waals surface area contributed by atoms with Gasteiger partial charge in [0.25, 0.3) is 0 Å². The average molecular weight is 348 g/mol. The van der Waals surface area contributed by atoms with Gasteiger partial charge in [-0.05, 0) is 37.5 Å². The van der Waals surface area contributed by atoms with Crippen LogP contribution in [-0.4, -0.2) is 56.7 Å². The normalized spacial score (nSPS) is 16.0. The molecule has 5 heteroatoms. The van der Waals surface area contributed by atoms with Gasteiger partial charge in [0.05, 0.1) is 12.0 Å². The van der Waals surface area contributed by atoms with Crippen molar-refractivity contribution >= 4 is 5.91 Å². The number of benzene rings is 1. The van der Waals surface area contributed by atoms with Crippen molar-refractivity contribution in [1.29, 1.82) is 0 Å². The zero-order valence-electron chi connectivity index (χ0n) is 16.1. The summed E-state index contributed by atoms with van der Waals surface area (Å²) in [7, 11) is 0. The maximum Gasteiger partial charge on any atom is 0.230 e. The van der Waals surface area contributed by atoms with Gasteiger partial charge in [0.15, 0.2) is 0 Å². The molecule has 2 rings (SSSR count). The van der Waals surface area contributed by atoms with Gasteiger partial charge in [0.1, 0.15) is 5.75 Å². The van der Waals surface area contributed by atoms with Gasteiger partial charge in [-0.15, -0.1) is 0 Å². The predicted octanol–water partition coefficient (Wildman–Crippen LogP) is 2.02. The van der Waals surface area contributed by atoms with Gasteiger partial charge >= 0.3 is 0 Å². The van der Waals surface area contributed by atoms with Crippen LogP contribution in [0.2, 0.25) is 0 Å². The second kappa shape index (κ2) is 9.20. The molecule has 2 N–H and O–H groups in total. The highest BCUT2D eigenvalue weighted by Gasteiger charge is 2.29. The van der Waals surface area contributed by atoms with Crippen molar-refractivity contribution in [2.75, 3.05) is 45.9 Å². The standard InChI is InChI=1S/C20H33N3O2/c1-16(2)15-25-18-7-5-17(6-8-18)20(3,4)19(24)22-11-14-23-12-9-21-10-13-23/h5-8,16,21H,9-15H2,1-4H3,(H,22,24). The topological polar surface area (TPSA) is 53.6 Å². The number of amides is 1. The highest BCUT2D eigenvalue weighted by atomic mass is 16.5. The molecule has 0 aliphatic carbocycles. The molecule has 1 saturated heterocycles. The lowest BCUT2D eigenvalue weighted by atomic mass is 9.83. The van der Waals surface area contributed by atoms with E-state index in [2.05, 4.69) is 29.4 Å². The van der Waals surface area contributed by atoms with Crippen LogP contribution in [0.4, 0.5) is 0 Å². The molecule has 25 heavy (non-hydrogen) atoms. The van der Waals surface area contributed by atoms with Gasteiger partial charge in [0.2, 0.25) is 5.91 Å². The highest BCUT2D eigenvalue weighted by molar-refractivity contribution is 5.87. The summed E-state index contributed by atoms with van der Waals surface area (Å²) in [5.74, 6) is 1.42. The minimum absolute atomic E-state index is 0.0680. The Hall–Kier alpha value is -1.59. The molecule has 1 amide bonds. The number of piperazine rings is 1. The first-order valence-electron chi connectivity index (χ1n) is 9.34. The van der Waals surface area contributed by atoms with Gasteiger partial charge in [0, 0.05) is 39.3 Å². The maximum absolute atomic E-state index is 12.6. The first-order valence-corrected chi connectivity index (χ1v) is 9.34. The van der Waals surface area contributed by atoms with Gasteiger partial charge in [-0.3, -0.25) is 9.69 Å². The molecule has 0 saturated carbocycles. The predicted molar refractivity (Wildman–Crippen MR) is 102 cm³/mol. The van der Waals surface area contributed by atoms with E-state index < -0.39 is 5.41 Å². The summed E-state index contributed by atoms with van der Waals surface area (Å²) in [6, 6.07) is 7.89. The third-order valence-electron chi connectivity index (χ3n) is 4.65. The number of carbonyl (C=O) groups excluding carboxylic acids is 1. The lowest BCUT2D eigenvalue weighted by Crippen LogP contribution is -2.48. The van der Waals surface area contributed by atoms with E-state index in [4.69, 9.17) is 4.74 Å². The lowest BCUT2D eigenvalue weighted by molar-refractivity contribution is -0.125. The Morgan fingerprint density at radius 3 is 2.48 bits per heavy atom. The molecule has 5 nitrogen and oxygen atoms in total. The largest absolute Gasteiger partial charge is 0.493 e. The molecule has 0 unspecified atom stereocenters. The molecule has 1 aliphatic rings. The molecule has 1 fully saturated rings. The zero-order valence-corrected chi connectivity index (χ0v) is 16.1. The molecular formula is C20H33N3O2. The molecule has 140 valence electrons. The number of hydrogen-bond donors (Lipinski definition) is 2. The van der Waals surface area contributed by atoms with E-state index in [-0.39, 0.29) is 5.91 Å². The van der Waals surface area contributed by atoms with Gasteiger partial charge in [-0.1, -0.05) is 26.0 Å². The monoisotopic (exact) mass is 347 g/mol. The fourth-order valence-corrected chi connectivity index (χ4v) is 2.85. The van der Waals surface area contributed by atoms with Crippen LogP contribution in [0.5, 0.6) is 5.75 Å². The van der Waals surface area contributed by atoms with Gasteiger partial charge in [-0.25, -0.2) is 0 Å². The Bertz CT molecular complexity index is 534. The van der Waals surface area contributed by atoms with E-state index in [1.54, 1.807) is 0 Å². The van der Waals surface area contributed by atoms with Crippen LogP contribution in [-0.2, 0) is 10.2 Å². The Labute approximate surface area is 152 Å². The van der Waals surface area contributed by atoms with Crippen LogP contribution >= 0.6 is 0 Å². The van der Waals surface area contributed by atoms with Crippen molar-refractivity contribution in [3.63, 3.8) is 0 Å². The summed E-state index contributed by atoms with van der Waals surface area (Å²) in [4.78, 5) is 15.0. The summed E-state index contributed by atoms with van der Waals surface area (Å²) in [6.45, 7) is 14.7. The third kappa shape index (κ3) is 6.01. The summed E-state index contributed by atoms with van der Waals surface area (Å²) in [6.07, 6.45) is 0. The number of carbonyl (C=O) groups is 1. The molecule has 0 bridgehead atoms. The van der Waals surface area contributed by atoms with E-state index in [0.29, 0.717) is 19.1 Å². The molecule has 1 aromatic rings. The number of rotatable bonds is 8. The molecule has 1 aromatic carbocycles. The first kappa shape index (κ1) is 19.7. The Morgan fingerprint density at radius 2 is 1.88 bits per heavy atom. The Kier molecular flexibility index (Phi) is 7.26. The number of nitrogens with one attached hydrogen (secondary N) is 2. The van der Waals surface area contributed by atoms with Crippen LogP contribution < -0.4 is 15.4 Å². The van der Waals surface area contributed by atoms with Crippen LogP contribution in [0.1, 0.15) is 33.3 Å². The van der Waals surface area contributed by atoms with Crippen molar-refractivity contribution in [3.8, 4) is 5.75 Å². The molecular weight excluding hydrogens is 314 g/mol. The van der Waals surface area contributed by atoms with Crippen molar-refractivity contribution in [1.82, 2.24) is 15.5 Å². The molecule has 1 aliphatic heterocycles. The minimum atomic E-state index is -0.556. The van der Waals surface area contributed by atoms with Crippen molar-refractivity contribution < 1.29 is 9.53 Å². The third-order valence-corrected chi connectivity index (χ3v) is 4.65. The van der Waals surface area contributed by atoms with E-state index in [0.717, 1.165) is 44.0 Å². The smallest absolute Gasteiger partial charge is 0.230 e. The molecule has 0 aromatic heterocycles. The SMILES string of the molecule is CC(C)COc1ccc(C(C)(C)C(=O)NCCN2CCNCC2)cc1. The zero-order chi connectivity index (χ0) is 18.3. The van der Waals surface area contributed by atoms with Crippen molar-refractivity contribution in [3.05, 3.63) is 29.8 Å². The fourth-order valence-electron chi connectivity index (χ4n) is 2.85. The van der Waals surface area contributed by atoms with Crippen LogP contribution in [0.15, 0.2) is 24.3 Å². The summed E-state index contributed by atoms with van der Waals surface area (Å²) in [5, 5.41) is 6.43. The van der Waals surface area contributed by atoms with Crippen LogP contribution in [0.3, 0.4) is 0 Å². The highest BCUT2D eigenvalue weighted by Crippen LogP contribution is 2.25. The fraction of sp³-hybridized carbons (Fsp3) is 0.650. The summed E-state index contributed by atoms with van der Waals surface area (Å²) < 4.78 is 5.72. The second-order valence-electron chi connectivity index (χ2n) is 7.70. The summed E-state index contributed by atoms with van der Waals surface area (Å²) in [5.41, 5.74) is 0.448. The van der Waals surface area contributed by atoms with E-state index in [1.165, 1.54) is 0 Å². The first-order chi connectivity index (χ1) is 11.9. The molecule has 0 radical (unpaired) electrons. The van der Waals surface area contributed by atoms with Gasteiger partial charge in [-0.2, -0.15) is 0 Å². The van der Waals surface area contributed by atoms with Crippen molar-refractivity contribution in [2.45, 2.75) is 33.1 Å². The number of hydrogen-bond acceptors (Lipinski definition) is 4. The lowest BCUT2D eigenvalue weighted by Gasteiger charge is -2.28. The Balaban J connectivity index is 1.84. The minimum Gasteiger partial charge on any atom is -0.493 e. The Morgan fingerprint density at radius 1 is 1.24 bits per heavy atom. The number of ether oxygens (including phenoxy) is 1. The van der Waals surface area contributed by atoms with Gasteiger partial charge < -0.3 is 15.4 Å². The molecule has 1 heterocycles. The van der Waals surface area contributed by atoms with Crippen molar-refractivity contribution in [2.24, 2.45) is 5.92 Å². The molecule has 0 spiro atoms. The number of nitrogens with zero attached hydrogens (tertiary/aromatic N) is 1. The summed E-state index contributed by atoms with van der Waals surface area (Å²) >= 11 is 0. The van der Waals surface area contributed by atoms with Crippen LogP contribution in [0, 0.1) is 5.92 Å². The second-order valence-corrected chi connectivity index (χ2v) is 7.70.